The summed E-state index contributed by atoms with van der Waals surface area (Å²) in [4.78, 5) is 11.6. The lowest BCUT2D eigenvalue weighted by Gasteiger charge is -2.28. The molecule has 0 aromatic rings. The third kappa shape index (κ3) is 3.28. The lowest BCUT2D eigenvalue weighted by atomic mass is 9.98. The zero-order chi connectivity index (χ0) is 10.7. The van der Waals surface area contributed by atoms with Gasteiger partial charge in [0.15, 0.2) is 0 Å². The third-order valence-corrected chi connectivity index (χ3v) is 4.48. The number of carbonyl (C=O) groups is 1. The van der Waals surface area contributed by atoms with Crippen molar-refractivity contribution >= 4 is 16.7 Å². The van der Waals surface area contributed by atoms with E-state index in [1.807, 2.05) is 0 Å². The van der Waals surface area contributed by atoms with Gasteiger partial charge in [-0.2, -0.15) is 0 Å². The molecule has 0 saturated carbocycles. The maximum absolute atomic E-state index is 11.6. The van der Waals surface area contributed by atoms with Gasteiger partial charge in [-0.3, -0.25) is 9.00 Å². The first-order valence-corrected chi connectivity index (χ1v) is 7.08. The fourth-order valence-corrected chi connectivity index (χ4v) is 3.28. The van der Waals surface area contributed by atoms with E-state index in [1.165, 1.54) is 0 Å². The van der Waals surface area contributed by atoms with Crippen LogP contribution in [0.5, 0.6) is 0 Å². The quantitative estimate of drug-likeness (QED) is 0.695. The number of rotatable bonds is 3. The van der Waals surface area contributed by atoms with Gasteiger partial charge in [-0.1, -0.05) is 0 Å². The Kier molecular flexibility index (Phi) is 3.75. The summed E-state index contributed by atoms with van der Waals surface area (Å²) in [7, 11) is -0.638. The topological polar surface area (TPSA) is 58.2 Å². The number of hydrogen-bond donors (Lipinski definition) is 2. The summed E-state index contributed by atoms with van der Waals surface area (Å²) < 4.78 is 11.1. The molecule has 0 radical (unpaired) electrons. The normalized spacial score (nSPS) is 32.0. The van der Waals surface area contributed by atoms with Crippen molar-refractivity contribution in [3.63, 3.8) is 0 Å². The Morgan fingerprint density at radius 1 is 1.33 bits per heavy atom. The first kappa shape index (κ1) is 11.1. The van der Waals surface area contributed by atoms with E-state index in [0.717, 1.165) is 37.4 Å². The van der Waals surface area contributed by atoms with E-state index in [2.05, 4.69) is 10.6 Å². The molecule has 0 spiro atoms. The minimum Gasteiger partial charge on any atom is -0.353 e. The van der Waals surface area contributed by atoms with Crippen LogP contribution in [0, 0.1) is 5.92 Å². The molecule has 4 nitrogen and oxygen atoms in total. The van der Waals surface area contributed by atoms with E-state index in [4.69, 9.17) is 0 Å². The van der Waals surface area contributed by atoms with Crippen LogP contribution in [0.1, 0.15) is 19.3 Å². The molecule has 2 rings (SSSR count). The zero-order valence-electron chi connectivity index (χ0n) is 8.83. The van der Waals surface area contributed by atoms with Crippen molar-refractivity contribution in [3.8, 4) is 0 Å². The van der Waals surface area contributed by atoms with Crippen LogP contribution in [-0.4, -0.2) is 40.8 Å². The standard InChI is InChI=1S/C10H18N2O2S/c13-10(5-8-6-11-7-8)12-9-1-3-15(14)4-2-9/h8-9,11H,1-7H2,(H,12,13). The highest BCUT2D eigenvalue weighted by Gasteiger charge is 2.23. The van der Waals surface area contributed by atoms with Crippen molar-refractivity contribution in [2.45, 2.75) is 25.3 Å². The molecule has 2 N–H and O–H groups in total. The summed E-state index contributed by atoms with van der Waals surface area (Å²) >= 11 is 0. The third-order valence-electron chi connectivity index (χ3n) is 3.09. The average molecular weight is 230 g/mol. The predicted octanol–water partition coefficient (Wildman–Crippen LogP) is -0.377. The second-order valence-electron chi connectivity index (χ2n) is 4.42. The fraction of sp³-hybridized carbons (Fsp3) is 0.900. The van der Waals surface area contributed by atoms with Gasteiger partial charge in [0.25, 0.3) is 0 Å². The number of hydrogen-bond acceptors (Lipinski definition) is 3. The van der Waals surface area contributed by atoms with Gasteiger partial charge in [0.2, 0.25) is 5.91 Å². The summed E-state index contributed by atoms with van der Waals surface area (Å²) in [5.41, 5.74) is 0. The van der Waals surface area contributed by atoms with Crippen molar-refractivity contribution in [1.82, 2.24) is 10.6 Å². The van der Waals surface area contributed by atoms with Gasteiger partial charge in [-0.15, -0.1) is 0 Å². The second-order valence-corrected chi connectivity index (χ2v) is 6.11. The molecular weight excluding hydrogens is 212 g/mol. The molecule has 0 atom stereocenters. The molecule has 2 saturated heterocycles. The zero-order valence-corrected chi connectivity index (χ0v) is 9.65. The molecule has 1 amide bonds. The maximum Gasteiger partial charge on any atom is 0.220 e. The lowest BCUT2D eigenvalue weighted by Crippen LogP contribution is -2.46. The van der Waals surface area contributed by atoms with Gasteiger partial charge in [0.05, 0.1) is 0 Å². The molecule has 2 aliphatic rings. The molecule has 0 bridgehead atoms. The van der Waals surface area contributed by atoms with Crippen molar-refractivity contribution in [2.24, 2.45) is 5.92 Å². The average Bonchev–Trinajstić information content (AvgIpc) is 2.16. The molecule has 2 aliphatic heterocycles. The summed E-state index contributed by atoms with van der Waals surface area (Å²) in [6.07, 6.45) is 2.40. The molecule has 86 valence electrons. The van der Waals surface area contributed by atoms with Crippen LogP contribution in [0.4, 0.5) is 0 Å². The molecule has 2 fully saturated rings. The molecular formula is C10H18N2O2S. The highest BCUT2D eigenvalue weighted by Crippen LogP contribution is 2.11. The van der Waals surface area contributed by atoms with Crippen LogP contribution in [0.2, 0.25) is 0 Å². The van der Waals surface area contributed by atoms with Crippen molar-refractivity contribution in [3.05, 3.63) is 0 Å². The Bertz CT molecular complexity index is 256. The molecule has 0 aliphatic carbocycles. The van der Waals surface area contributed by atoms with Gasteiger partial charge in [-0.05, 0) is 31.8 Å². The Hall–Kier alpha value is -0.420. The number of amides is 1. The van der Waals surface area contributed by atoms with E-state index in [-0.39, 0.29) is 11.9 Å². The van der Waals surface area contributed by atoms with E-state index in [9.17, 15) is 9.00 Å². The van der Waals surface area contributed by atoms with Gasteiger partial charge in [0.1, 0.15) is 0 Å². The van der Waals surface area contributed by atoms with Gasteiger partial charge in [-0.25, -0.2) is 0 Å². The monoisotopic (exact) mass is 230 g/mol. The van der Waals surface area contributed by atoms with E-state index < -0.39 is 10.8 Å². The van der Waals surface area contributed by atoms with Gasteiger partial charge < -0.3 is 10.6 Å². The summed E-state index contributed by atoms with van der Waals surface area (Å²) in [5.74, 6) is 2.19. The second kappa shape index (κ2) is 5.07. The highest BCUT2D eigenvalue weighted by molar-refractivity contribution is 7.85. The molecule has 5 heteroatoms. The predicted molar refractivity (Wildman–Crippen MR) is 60.0 cm³/mol. The van der Waals surface area contributed by atoms with E-state index in [0.29, 0.717) is 12.3 Å². The largest absolute Gasteiger partial charge is 0.353 e. The Morgan fingerprint density at radius 2 is 2.00 bits per heavy atom. The van der Waals surface area contributed by atoms with Gasteiger partial charge >= 0.3 is 0 Å². The number of nitrogens with one attached hydrogen (secondary N) is 2. The van der Waals surface area contributed by atoms with Crippen LogP contribution < -0.4 is 10.6 Å². The van der Waals surface area contributed by atoms with Crippen LogP contribution in [0.25, 0.3) is 0 Å². The molecule has 15 heavy (non-hydrogen) atoms. The maximum atomic E-state index is 11.6. The smallest absolute Gasteiger partial charge is 0.220 e. The summed E-state index contributed by atoms with van der Waals surface area (Å²) in [5, 5.41) is 6.19. The van der Waals surface area contributed by atoms with Crippen LogP contribution in [0.3, 0.4) is 0 Å². The minimum absolute atomic E-state index is 0.166. The minimum atomic E-state index is -0.638. The highest BCUT2D eigenvalue weighted by atomic mass is 32.2. The summed E-state index contributed by atoms with van der Waals surface area (Å²) in [6.45, 7) is 1.95. The van der Waals surface area contributed by atoms with E-state index in [1.54, 1.807) is 0 Å². The lowest BCUT2D eigenvalue weighted by molar-refractivity contribution is -0.123. The first-order chi connectivity index (χ1) is 7.24. The van der Waals surface area contributed by atoms with Crippen LogP contribution in [0.15, 0.2) is 0 Å². The Labute approximate surface area is 92.6 Å². The van der Waals surface area contributed by atoms with Crippen molar-refractivity contribution < 1.29 is 9.00 Å². The Balaban J connectivity index is 1.66. The SMILES string of the molecule is O=C(CC1CNC1)NC1CCS(=O)CC1. The molecule has 0 aromatic heterocycles. The number of carbonyl (C=O) groups excluding carboxylic acids is 1. The molecule has 0 aromatic carbocycles. The van der Waals surface area contributed by atoms with Crippen LogP contribution in [-0.2, 0) is 15.6 Å². The van der Waals surface area contributed by atoms with Crippen LogP contribution >= 0.6 is 0 Å². The Morgan fingerprint density at radius 3 is 2.53 bits per heavy atom. The molecule has 0 unspecified atom stereocenters. The fourth-order valence-electron chi connectivity index (χ4n) is 1.98. The first-order valence-electron chi connectivity index (χ1n) is 5.59. The van der Waals surface area contributed by atoms with E-state index >= 15 is 0 Å². The summed E-state index contributed by atoms with van der Waals surface area (Å²) in [6, 6.07) is 0.267. The molecule has 2 heterocycles. The van der Waals surface area contributed by atoms with Crippen molar-refractivity contribution in [2.75, 3.05) is 24.6 Å². The van der Waals surface area contributed by atoms with Crippen molar-refractivity contribution in [1.29, 1.82) is 0 Å². The van der Waals surface area contributed by atoms with Gasteiger partial charge in [0, 0.05) is 34.8 Å².